The van der Waals surface area contributed by atoms with Crippen LogP contribution in [0.5, 0.6) is 5.75 Å². The highest BCUT2D eigenvalue weighted by Crippen LogP contribution is 2.34. The fourth-order valence-corrected chi connectivity index (χ4v) is 3.90. The van der Waals surface area contributed by atoms with Crippen LogP contribution in [0.25, 0.3) is 16.6 Å². The molecular weight excluding hydrogens is 447 g/mol. The Morgan fingerprint density at radius 2 is 1.59 bits per heavy atom. The first-order chi connectivity index (χ1) is 16.2. The number of ether oxygens (including phenoxy) is 2. The topological polar surface area (TPSA) is 57.5 Å². The number of aromatic nitrogens is 1. The average Bonchev–Trinajstić information content (AvgIpc) is 3.10. The number of carbonyl (C=O) groups is 2. The predicted molar refractivity (Wildman–Crippen MR) is 120 cm³/mol. The van der Waals surface area contributed by atoms with E-state index in [0.29, 0.717) is 16.6 Å². The van der Waals surface area contributed by atoms with E-state index in [9.17, 15) is 22.8 Å². The first-order valence-corrected chi connectivity index (χ1v) is 10.5. The number of fused-ring (bicyclic) bond motifs is 1. The van der Waals surface area contributed by atoms with Gasteiger partial charge >= 0.3 is 18.1 Å². The zero-order valence-electron chi connectivity index (χ0n) is 18.3. The number of para-hydroxylation sites is 1. The minimum absolute atomic E-state index is 0.00485. The molecule has 0 spiro atoms. The highest BCUT2D eigenvalue weighted by atomic mass is 19.4. The van der Waals surface area contributed by atoms with Crippen molar-refractivity contribution in [3.63, 3.8) is 0 Å². The molecule has 0 unspecified atom stereocenters. The molecule has 0 aliphatic heterocycles. The molecule has 0 saturated carbocycles. The van der Waals surface area contributed by atoms with E-state index in [1.54, 1.807) is 19.9 Å². The molecule has 1 heterocycles. The molecule has 0 bridgehead atoms. The fraction of sp³-hybridized carbons (Fsp3) is 0.154. The van der Waals surface area contributed by atoms with Gasteiger partial charge in [0.25, 0.3) is 0 Å². The molecule has 0 aliphatic carbocycles. The molecule has 34 heavy (non-hydrogen) atoms. The summed E-state index contributed by atoms with van der Waals surface area (Å²) in [5, 5.41) is 0.453. The zero-order valence-corrected chi connectivity index (χ0v) is 18.3. The summed E-state index contributed by atoms with van der Waals surface area (Å²) in [6, 6.07) is 18.3. The van der Waals surface area contributed by atoms with Crippen LogP contribution in [0.3, 0.4) is 0 Å². The average molecular weight is 467 g/mol. The third kappa shape index (κ3) is 4.26. The van der Waals surface area contributed by atoms with E-state index >= 15 is 0 Å². The number of esters is 2. The maximum atomic E-state index is 13.3. The second-order valence-corrected chi connectivity index (χ2v) is 7.46. The quantitative estimate of drug-likeness (QED) is 0.253. The molecule has 0 N–H and O–H groups in total. The van der Waals surface area contributed by atoms with Gasteiger partial charge < -0.3 is 14.0 Å². The van der Waals surface area contributed by atoms with Gasteiger partial charge in [-0.1, -0.05) is 30.3 Å². The van der Waals surface area contributed by atoms with Crippen LogP contribution >= 0.6 is 0 Å². The number of halogens is 3. The first-order valence-electron chi connectivity index (χ1n) is 10.5. The predicted octanol–water partition coefficient (Wildman–Crippen LogP) is 6.35. The Kier molecular flexibility index (Phi) is 6.15. The van der Waals surface area contributed by atoms with Crippen LogP contribution in [0.15, 0.2) is 72.8 Å². The van der Waals surface area contributed by atoms with E-state index in [0.717, 1.165) is 17.8 Å². The highest BCUT2D eigenvalue weighted by molar-refractivity contribution is 6.07. The summed E-state index contributed by atoms with van der Waals surface area (Å²) < 4.78 is 52.3. The maximum Gasteiger partial charge on any atom is 0.417 e. The normalized spacial score (nSPS) is 11.4. The van der Waals surface area contributed by atoms with Gasteiger partial charge in [0.1, 0.15) is 5.75 Å². The van der Waals surface area contributed by atoms with E-state index in [2.05, 4.69) is 0 Å². The monoisotopic (exact) mass is 467 g/mol. The molecular formula is C26H20F3NO4. The van der Waals surface area contributed by atoms with Crippen molar-refractivity contribution in [3.8, 4) is 11.4 Å². The molecule has 8 heteroatoms. The third-order valence-corrected chi connectivity index (χ3v) is 5.33. The molecule has 0 saturated heterocycles. The standard InChI is InChI=1S/C26H20F3NO4/c1-3-33-25(32)23-16(2)30(17-9-5-4-6-10-17)22-14-13-18(15-20(22)23)34-24(31)19-11-7-8-12-21(19)26(27,28)29/h4-15H,3H2,1-2H3. The Labute approximate surface area is 193 Å². The van der Waals surface area contributed by atoms with Crippen LogP contribution < -0.4 is 4.74 Å². The number of alkyl halides is 3. The summed E-state index contributed by atoms with van der Waals surface area (Å²) in [5.74, 6) is -1.69. The van der Waals surface area contributed by atoms with E-state index < -0.39 is 29.2 Å². The second kappa shape index (κ2) is 9.05. The Bertz CT molecular complexity index is 1370. The lowest BCUT2D eigenvalue weighted by Crippen LogP contribution is -2.16. The zero-order chi connectivity index (χ0) is 24.5. The summed E-state index contributed by atoms with van der Waals surface area (Å²) in [5.41, 5.74) is 0.685. The van der Waals surface area contributed by atoms with Crippen LogP contribution in [0, 0.1) is 6.92 Å². The Hall–Kier alpha value is -4.07. The van der Waals surface area contributed by atoms with E-state index in [4.69, 9.17) is 9.47 Å². The van der Waals surface area contributed by atoms with Crippen LogP contribution in [-0.4, -0.2) is 23.1 Å². The van der Waals surface area contributed by atoms with Crippen LogP contribution in [0.1, 0.15) is 38.9 Å². The van der Waals surface area contributed by atoms with Gasteiger partial charge in [0.15, 0.2) is 0 Å². The Morgan fingerprint density at radius 1 is 0.912 bits per heavy atom. The molecule has 3 aromatic carbocycles. The van der Waals surface area contributed by atoms with E-state index in [1.807, 2.05) is 34.9 Å². The SMILES string of the molecule is CCOC(=O)c1c(C)n(-c2ccccc2)c2ccc(OC(=O)c3ccccc3C(F)(F)F)cc12. The van der Waals surface area contributed by atoms with Crippen molar-refractivity contribution >= 4 is 22.8 Å². The van der Waals surface area contributed by atoms with Gasteiger partial charge in [-0.05, 0) is 56.3 Å². The van der Waals surface area contributed by atoms with Gasteiger partial charge in [0.2, 0.25) is 0 Å². The number of nitrogens with zero attached hydrogens (tertiary/aromatic N) is 1. The summed E-state index contributed by atoms with van der Waals surface area (Å²) in [6.07, 6.45) is -4.71. The molecule has 4 rings (SSSR count). The summed E-state index contributed by atoms with van der Waals surface area (Å²) in [7, 11) is 0. The van der Waals surface area contributed by atoms with Crippen molar-refractivity contribution in [3.05, 3.63) is 95.2 Å². The van der Waals surface area contributed by atoms with Crippen molar-refractivity contribution in [2.45, 2.75) is 20.0 Å². The number of benzene rings is 3. The fourth-order valence-electron chi connectivity index (χ4n) is 3.90. The van der Waals surface area contributed by atoms with Crippen molar-refractivity contribution < 1.29 is 32.2 Å². The lowest BCUT2D eigenvalue weighted by Gasteiger charge is -2.12. The number of rotatable bonds is 5. The molecule has 0 atom stereocenters. The Morgan fingerprint density at radius 3 is 2.26 bits per heavy atom. The lowest BCUT2D eigenvalue weighted by atomic mass is 10.1. The molecule has 5 nitrogen and oxygen atoms in total. The third-order valence-electron chi connectivity index (χ3n) is 5.33. The summed E-state index contributed by atoms with van der Waals surface area (Å²) in [6.45, 7) is 3.62. The van der Waals surface area contributed by atoms with Crippen LogP contribution in [-0.2, 0) is 10.9 Å². The highest BCUT2D eigenvalue weighted by Gasteiger charge is 2.35. The molecule has 0 amide bonds. The lowest BCUT2D eigenvalue weighted by molar-refractivity contribution is -0.138. The van der Waals surface area contributed by atoms with E-state index in [-0.39, 0.29) is 17.9 Å². The van der Waals surface area contributed by atoms with Crippen molar-refractivity contribution in [1.82, 2.24) is 4.57 Å². The maximum absolute atomic E-state index is 13.3. The molecule has 174 valence electrons. The largest absolute Gasteiger partial charge is 0.462 e. The van der Waals surface area contributed by atoms with Crippen molar-refractivity contribution in [2.24, 2.45) is 0 Å². The molecule has 0 radical (unpaired) electrons. The summed E-state index contributed by atoms with van der Waals surface area (Å²) in [4.78, 5) is 25.4. The summed E-state index contributed by atoms with van der Waals surface area (Å²) >= 11 is 0. The molecule has 0 aliphatic rings. The van der Waals surface area contributed by atoms with Crippen LogP contribution in [0.4, 0.5) is 13.2 Å². The second-order valence-electron chi connectivity index (χ2n) is 7.46. The smallest absolute Gasteiger partial charge is 0.417 e. The molecule has 4 aromatic rings. The number of hydrogen-bond acceptors (Lipinski definition) is 4. The van der Waals surface area contributed by atoms with Gasteiger partial charge in [-0.2, -0.15) is 13.2 Å². The minimum Gasteiger partial charge on any atom is -0.462 e. The van der Waals surface area contributed by atoms with Crippen molar-refractivity contribution in [2.75, 3.05) is 6.61 Å². The van der Waals surface area contributed by atoms with Crippen LogP contribution in [0.2, 0.25) is 0 Å². The van der Waals surface area contributed by atoms with Gasteiger partial charge in [-0.3, -0.25) is 0 Å². The minimum atomic E-state index is -4.71. The van der Waals surface area contributed by atoms with Gasteiger partial charge in [0.05, 0.1) is 28.8 Å². The molecule has 0 fully saturated rings. The van der Waals surface area contributed by atoms with E-state index in [1.165, 1.54) is 24.3 Å². The number of carbonyl (C=O) groups excluding carboxylic acids is 2. The Balaban J connectivity index is 1.81. The van der Waals surface area contributed by atoms with Gasteiger partial charge in [0, 0.05) is 16.8 Å². The first kappa shape index (κ1) is 23.1. The number of hydrogen-bond donors (Lipinski definition) is 0. The van der Waals surface area contributed by atoms with Gasteiger partial charge in [-0.25, -0.2) is 9.59 Å². The van der Waals surface area contributed by atoms with Gasteiger partial charge in [-0.15, -0.1) is 0 Å². The molecule has 1 aromatic heterocycles. The van der Waals surface area contributed by atoms with Crippen molar-refractivity contribution in [1.29, 1.82) is 0 Å².